The van der Waals surface area contributed by atoms with Crippen molar-refractivity contribution in [2.24, 2.45) is 0 Å². The largest absolute Gasteiger partial charge is 0.459 e. The fourth-order valence-corrected chi connectivity index (χ4v) is 1.57. The quantitative estimate of drug-likeness (QED) is 0.871. The number of halogens is 2. The summed E-state index contributed by atoms with van der Waals surface area (Å²) in [6, 6.07) is 8.75. The van der Waals surface area contributed by atoms with E-state index in [-0.39, 0.29) is 6.61 Å². The van der Waals surface area contributed by atoms with Crippen LogP contribution in [0.1, 0.15) is 5.76 Å². The molecule has 0 saturated heterocycles. The van der Waals surface area contributed by atoms with E-state index in [9.17, 15) is 0 Å². The number of rotatable bonds is 2. The zero-order valence-electron chi connectivity index (χ0n) is 7.71. The van der Waals surface area contributed by atoms with Crippen LogP contribution in [0.5, 0.6) is 0 Å². The second kappa shape index (κ2) is 4.27. The van der Waals surface area contributed by atoms with Crippen LogP contribution in [0.25, 0.3) is 11.3 Å². The Labute approximate surface area is 97.0 Å². The number of hydrogen-bond acceptors (Lipinski definition) is 2. The molecule has 0 aliphatic rings. The van der Waals surface area contributed by atoms with Crippen molar-refractivity contribution < 1.29 is 9.52 Å². The first-order valence-corrected chi connectivity index (χ1v) is 5.11. The average Bonchev–Trinajstić information content (AvgIpc) is 2.70. The Kier molecular flexibility index (Phi) is 3.00. The second-order valence-electron chi connectivity index (χ2n) is 3.05. The summed E-state index contributed by atoms with van der Waals surface area (Å²) >= 11 is 11.7. The molecule has 0 aliphatic heterocycles. The van der Waals surface area contributed by atoms with E-state index in [1.165, 1.54) is 0 Å². The minimum absolute atomic E-state index is 0.110. The molecule has 1 aromatic heterocycles. The smallest absolute Gasteiger partial charge is 0.134 e. The van der Waals surface area contributed by atoms with Crippen molar-refractivity contribution in [3.05, 3.63) is 46.1 Å². The highest BCUT2D eigenvalue weighted by molar-refractivity contribution is 6.42. The summed E-state index contributed by atoms with van der Waals surface area (Å²) in [5.41, 5.74) is 0.837. The van der Waals surface area contributed by atoms with Gasteiger partial charge in [0.15, 0.2) is 0 Å². The molecule has 0 aliphatic carbocycles. The fourth-order valence-electron chi connectivity index (χ4n) is 1.27. The molecule has 15 heavy (non-hydrogen) atoms. The van der Waals surface area contributed by atoms with Crippen LogP contribution in [0.4, 0.5) is 0 Å². The second-order valence-corrected chi connectivity index (χ2v) is 3.87. The number of benzene rings is 1. The molecule has 2 nitrogen and oxygen atoms in total. The van der Waals surface area contributed by atoms with Gasteiger partial charge in [0.05, 0.1) is 10.0 Å². The lowest BCUT2D eigenvalue weighted by Crippen LogP contribution is -1.76. The van der Waals surface area contributed by atoms with E-state index in [4.69, 9.17) is 32.7 Å². The fraction of sp³-hybridized carbons (Fsp3) is 0.0909. The molecule has 0 amide bonds. The van der Waals surface area contributed by atoms with Gasteiger partial charge >= 0.3 is 0 Å². The third-order valence-electron chi connectivity index (χ3n) is 2.02. The predicted molar refractivity (Wildman–Crippen MR) is 60.1 cm³/mol. The summed E-state index contributed by atoms with van der Waals surface area (Å²) in [4.78, 5) is 0. The summed E-state index contributed by atoms with van der Waals surface area (Å²) in [6.45, 7) is -0.110. The van der Waals surface area contributed by atoms with Crippen molar-refractivity contribution in [1.29, 1.82) is 0 Å². The molecule has 78 valence electrons. The molecule has 1 N–H and O–H groups in total. The Morgan fingerprint density at radius 2 is 1.87 bits per heavy atom. The van der Waals surface area contributed by atoms with E-state index in [1.54, 1.807) is 24.3 Å². The minimum atomic E-state index is -0.110. The van der Waals surface area contributed by atoms with Crippen molar-refractivity contribution in [3.8, 4) is 11.3 Å². The van der Waals surface area contributed by atoms with Gasteiger partial charge in [-0.15, -0.1) is 0 Å². The topological polar surface area (TPSA) is 33.4 Å². The summed E-state index contributed by atoms with van der Waals surface area (Å²) < 4.78 is 5.36. The average molecular weight is 243 g/mol. The molecule has 2 rings (SSSR count). The van der Waals surface area contributed by atoms with Crippen LogP contribution < -0.4 is 0 Å². The molecule has 2 aromatic rings. The van der Waals surface area contributed by atoms with Gasteiger partial charge in [0.1, 0.15) is 18.1 Å². The number of aliphatic hydroxyl groups is 1. The van der Waals surface area contributed by atoms with Crippen LogP contribution in [-0.2, 0) is 6.61 Å². The highest BCUT2D eigenvalue weighted by Gasteiger charge is 2.06. The third kappa shape index (κ3) is 2.17. The van der Waals surface area contributed by atoms with E-state index in [0.717, 1.165) is 5.56 Å². The Bertz CT molecular complexity index is 477. The van der Waals surface area contributed by atoms with Crippen molar-refractivity contribution in [2.75, 3.05) is 0 Å². The van der Waals surface area contributed by atoms with Crippen molar-refractivity contribution >= 4 is 23.2 Å². The molecule has 0 unspecified atom stereocenters. The van der Waals surface area contributed by atoms with Gasteiger partial charge < -0.3 is 9.52 Å². The maximum absolute atomic E-state index is 8.86. The van der Waals surface area contributed by atoms with Crippen molar-refractivity contribution in [2.45, 2.75) is 6.61 Å². The van der Waals surface area contributed by atoms with E-state index < -0.39 is 0 Å². The molecule has 1 aromatic carbocycles. The van der Waals surface area contributed by atoms with E-state index in [2.05, 4.69) is 0 Å². The number of furan rings is 1. The Morgan fingerprint density at radius 1 is 1.07 bits per heavy atom. The SMILES string of the molecule is OCc1ccc(-c2ccc(Cl)c(Cl)c2)o1. The highest BCUT2D eigenvalue weighted by Crippen LogP contribution is 2.29. The number of hydrogen-bond donors (Lipinski definition) is 1. The van der Waals surface area contributed by atoms with Gasteiger partial charge in [-0.2, -0.15) is 0 Å². The Hall–Kier alpha value is -0.960. The van der Waals surface area contributed by atoms with E-state index in [1.807, 2.05) is 6.07 Å². The van der Waals surface area contributed by atoms with Gasteiger partial charge in [-0.05, 0) is 30.3 Å². The van der Waals surface area contributed by atoms with Crippen LogP contribution in [0.3, 0.4) is 0 Å². The molecule has 0 atom stereocenters. The lowest BCUT2D eigenvalue weighted by Gasteiger charge is -1.99. The maximum Gasteiger partial charge on any atom is 0.134 e. The van der Waals surface area contributed by atoms with E-state index in [0.29, 0.717) is 21.6 Å². The first-order chi connectivity index (χ1) is 7.20. The Morgan fingerprint density at radius 3 is 2.47 bits per heavy atom. The first kappa shape index (κ1) is 10.6. The van der Waals surface area contributed by atoms with Crippen LogP contribution >= 0.6 is 23.2 Å². The predicted octanol–water partition coefficient (Wildman–Crippen LogP) is 3.75. The van der Waals surface area contributed by atoms with Gasteiger partial charge in [0, 0.05) is 5.56 Å². The van der Waals surface area contributed by atoms with Gasteiger partial charge in [-0.25, -0.2) is 0 Å². The van der Waals surface area contributed by atoms with Crippen LogP contribution in [0.2, 0.25) is 10.0 Å². The normalized spacial score (nSPS) is 10.6. The lowest BCUT2D eigenvalue weighted by molar-refractivity contribution is 0.248. The van der Waals surface area contributed by atoms with Crippen LogP contribution in [0, 0.1) is 0 Å². The monoisotopic (exact) mass is 242 g/mol. The van der Waals surface area contributed by atoms with Crippen LogP contribution in [-0.4, -0.2) is 5.11 Å². The zero-order chi connectivity index (χ0) is 10.8. The third-order valence-corrected chi connectivity index (χ3v) is 2.76. The molecular weight excluding hydrogens is 235 g/mol. The highest BCUT2D eigenvalue weighted by atomic mass is 35.5. The minimum Gasteiger partial charge on any atom is -0.459 e. The maximum atomic E-state index is 8.86. The van der Waals surface area contributed by atoms with Gasteiger partial charge in [-0.1, -0.05) is 23.2 Å². The zero-order valence-corrected chi connectivity index (χ0v) is 9.22. The standard InChI is InChI=1S/C11H8Cl2O2/c12-9-3-1-7(5-10(9)13)11-4-2-8(6-14)15-11/h1-5,14H,6H2. The van der Waals surface area contributed by atoms with Crippen LogP contribution in [0.15, 0.2) is 34.7 Å². The van der Waals surface area contributed by atoms with Gasteiger partial charge in [0.25, 0.3) is 0 Å². The van der Waals surface area contributed by atoms with Gasteiger partial charge in [0.2, 0.25) is 0 Å². The summed E-state index contributed by atoms with van der Waals surface area (Å²) in [7, 11) is 0. The van der Waals surface area contributed by atoms with Crippen molar-refractivity contribution in [1.82, 2.24) is 0 Å². The van der Waals surface area contributed by atoms with Gasteiger partial charge in [-0.3, -0.25) is 0 Å². The first-order valence-electron chi connectivity index (χ1n) is 4.35. The molecule has 0 fully saturated rings. The molecule has 0 spiro atoms. The summed E-state index contributed by atoms with van der Waals surface area (Å²) in [6.07, 6.45) is 0. The molecular formula is C11H8Cl2O2. The molecule has 4 heteroatoms. The lowest BCUT2D eigenvalue weighted by atomic mass is 10.2. The summed E-state index contributed by atoms with van der Waals surface area (Å²) in [5.74, 6) is 1.19. The molecule has 0 bridgehead atoms. The molecule has 0 saturated carbocycles. The molecule has 1 heterocycles. The van der Waals surface area contributed by atoms with Crippen molar-refractivity contribution in [3.63, 3.8) is 0 Å². The Balaban J connectivity index is 2.40. The van der Waals surface area contributed by atoms with E-state index >= 15 is 0 Å². The molecule has 0 radical (unpaired) electrons. The number of aliphatic hydroxyl groups excluding tert-OH is 1. The summed E-state index contributed by atoms with van der Waals surface area (Å²) in [5, 5.41) is 9.85.